The van der Waals surface area contributed by atoms with E-state index in [0.717, 1.165) is 16.2 Å². The third kappa shape index (κ3) is 1.32. The van der Waals surface area contributed by atoms with E-state index in [1.165, 1.54) is 5.56 Å². The summed E-state index contributed by atoms with van der Waals surface area (Å²) < 4.78 is 0. The molecule has 12 heavy (non-hydrogen) atoms. The number of aromatic nitrogens is 2. The van der Waals surface area contributed by atoms with Gasteiger partial charge in [-0.05, 0) is 17.7 Å². The Morgan fingerprint density at radius 2 is 2.25 bits per heavy atom. The molecular formula is C9H7BrN2. The fourth-order valence-corrected chi connectivity index (χ4v) is 1.47. The maximum absolute atomic E-state index is 4.13. The summed E-state index contributed by atoms with van der Waals surface area (Å²) in [5.41, 5.74) is 2.24. The van der Waals surface area contributed by atoms with Crippen LogP contribution in [0.3, 0.4) is 0 Å². The molecule has 2 nitrogen and oxygen atoms in total. The minimum atomic E-state index is 0.873. The van der Waals surface area contributed by atoms with Gasteiger partial charge in [0.1, 0.15) is 6.33 Å². The minimum Gasteiger partial charge on any atom is -0.244 e. The van der Waals surface area contributed by atoms with Crippen LogP contribution in [-0.2, 0) is 5.33 Å². The van der Waals surface area contributed by atoms with Crippen LogP contribution in [0.15, 0.2) is 30.7 Å². The third-order valence-electron chi connectivity index (χ3n) is 1.72. The summed E-state index contributed by atoms with van der Waals surface area (Å²) >= 11 is 3.40. The molecule has 1 heterocycles. The van der Waals surface area contributed by atoms with Crippen molar-refractivity contribution in [1.29, 1.82) is 0 Å². The number of benzene rings is 1. The van der Waals surface area contributed by atoms with E-state index < -0.39 is 0 Å². The topological polar surface area (TPSA) is 25.8 Å². The van der Waals surface area contributed by atoms with Gasteiger partial charge in [0.25, 0.3) is 0 Å². The van der Waals surface area contributed by atoms with Gasteiger partial charge in [-0.15, -0.1) is 0 Å². The Balaban J connectivity index is 2.67. The van der Waals surface area contributed by atoms with E-state index in [0.29, 0.717) is 0 Å². The summed E-state index contributed by atoms with van der Waals surface area (Å²) in [4.78, 5) is 8.09. The first-order chi connectivity index (χ1) is 5.90. The van der Waals surface area contributed by atoms with E-state index in [1.807, 2.05) is 12.3 Å². The van der Waals surface area contributed by atoms with Gasteiger partial charge in [0, 0.05) is 16.9 Å². The lowest BCUT2D eigenvalue weighted by Crippen LogP contribution is -1.82. The van der Waals surface area contributed by atoms with Gasteiger partial charge in [-0.3, -0.25) is 0 Å². The standard InChI is InChI=1S/C9H7BrN2/c10-4-7-1-2-9-8(3-7)5-11-6-12-9/h1-3,5-6H,4H2. The fraction of sp³-hybridized carbons (Fsp3) is 0.111. The van der Waals surface area contributed by atoms with E-state index in [4.69, 9.17) is 0 Å². The third-order valence-corrected chi connectivity index (χ3v) is 2.37. The summed E-state index contributed by atoms with van der Waals surface area (Å²) in [6.45, 7) is 0. The molecule has 0 saturated carbocycles. The van der Waals surface area contributed by atoms with E-state index in [-0.39, 0.29) is 0 Å². The van der Waals surface area contributed by atoms with Crippen molar-refractivity contribution in [2.75, 3.05) is 0 Å². The molecule has 2 aromatic rings. The molecule has 0 amide bonds. The molecule has 60 valence electrons. The maximum Gasteiger partial charge on any atom is 0.116 e. The van der Waals surface area contributed by atoms with Gasteiger partial charge in [0.15, 0.2) is 0 Å². The zero-order chi connectivity index (χ0) is 8.39. The molecule has 0 saturated heterocycles. The number of fused-ring (bicyclic) bond motifs is 1. The highest BCUT2D eigenvalue weighted by Crippen LogP contribution is 2.13. The highest BCUT2D eigenvalue weighted by molar-refractivity contribution is 9.08. The first kappa shape index (κ1) is 7.68. The minimum absolute atomic E-state index is 0.873. The summed E-state index contributed by atoms with van der Waals surface area (Å²) in [6, 6.07) is 6.15. The van der Waals surface area contributed by atoms with Gasteiger partial charge in [0.2, 0.25) is 0 Å². The fourth-order valence-electron chi connectivity index (χ4n) is 1.12. The second-order valence-electron chi connectivity index (χ2n) is 2.55. The molecule has 0 N–H and O–H groups in total. The summed E-state index contributed by atoms with van der Waals surface area (Å²) in [7, 11) is 0. The molecule has 0 aliphatic rings. The maximum atomic E-state index is 4.13. The van der Waals surface area contributed by atoms with Gasteiger partial charge in [-0.2, -0.15) is 0 Å². The Bertz CT molecular complexity index is 400. The molecule has 0 radical (unpaired) electrons. The molecule has 0 aliphatic heterocycles. The zero-order valence-corrected chi connectivity index (χ0v) is 7.95. The van der Waals surface area contributed by atoms with Gasteiger partial charge < -0.3 is 0 Å². The van der Waals surface area contributed by atoms with E-state index in [1.54, 1.807) is 6.33 Å². The number of hydrogen-bond donors (Lipinski definition) is 0. The molecule has 0 fully saturated rings. The predicted octanol–water partition coefficient (Wildman–Crippen LogP) is 2.52. The van der Waals surface area contributed by atoms with Crippen LogP contribution in [-0.4, -0.2) is 9.97 Å². The van der Waals surface area contributed by atoms with Crippen molar-refractivity contribution in [2.45, 2.75) is 5.33 Å². The highest BCUT2D eigenvalue weighted by atomic mass is 79.9. The lowest BCUT2D eigenvalue weighted by atomic mass is 10.2. The molecule has 0 unspecified atom stereocenters. The van der Waals surface area contributed by atoms with Crippen molar-refractivity contribution in [2.24, 2.45) is 0 Å². The average Bonchev–Trinajstić information content (AvgIpc) is 2.17. The van der Waals surface area contributed by atoms with Crippen LogP contribution in [0.4, 0.5) is 0 Å². The number of hydrogen-bond acceptors (Lipinski definition) is 2. The van der Waals surface area contributed by atoms with Gasteiger partial charge in [-0.25, -0.2) is 9.97 Å². The van der Waals surface area contributed by atoms with Crippen molar-refractivity contribution < 1.29 is 0 Å². The van der Waals surface area contributed by atoms with Crippen molar-refractivity contribution >= 4 is 26.8 Å². The molecular weight excluding hydrogens is 216 g/mol. The lowest BCUT2D eigenvalue weighted by molar-refractivity contribution is 1.22. The van der Waals surface area contributed by atoms with E-state index >= 15 is 0 Å². The molecule has 3 heteroatoms. The second-order valence-corrected chi connectivity index (χ2v) is 3.11. The summed E-state index contributed by atoms with van der Waals surface area (Å²) in [5.74, 6) is 0. The smallest absolute Gasteiger partial charge is 0.116 e. The second kappa shape index (κ2) is 3.19. The van der Waals surface area contributed by atoms with Crippen LogP contribution in [0.1, 0.15) is 5.56 Å². The van der Waals surface area contributed by atoms with Crippen LogP contribution < -0.4 is 0 Å². The SMILES string of the molecule is BrCc1ccc2ncncc2c1. The monoisotopic (exact) mass is 222 g/mol. The van der Waals surface area contributed by atoms with Crippen molar-refractivity contribution in [1.82, 2.24) is 9.97 Å². The Morgan fingerprint density at radius 3 is 3.08 bits per heavy atom. The predicted molar refractivity (Wildman–Crippen MR) is 52.2 cm³/mol. The zero-order valence-electron chi connectivity index (χ0n) is 6.37. The Hall–Kier alpha value is -0.960. The van der Waals surface area contributed by atoms with Crippen LogP contribution in [0.5, 0.6) is 0 Å². The molecule has 1 aromatic carbocycles. The van der Waals surface area contributed by atoms with Crippen LogP contribution >= 0.6 is 15.9 Å². The van der Waals surface area contributed by atoms with Crippen molar-refractivity contribution in [3.63, 3.8) is 0 Å². The van der Waals surface area contributed by atoms with Gasteiger partial charge in [-0.1, -0.05) is 22.0 Å². The molecule has 2 rings (SSSR count). The Kier molecular flexibility index (Phi) is 2.04. The first-order valence-corrected chi connectivity index (χ1v) is 4.77. The highest BCUT2D eigenvalue weighted by Gasteiger charge is 1.94. The lowest BCUT2D eigenvalue weighted by Gasteiger charge is -1.97. The molecule has 0 spiro atoms. The van der Waals surface area contributed by atoms with Crippen LogP contribution in [0.2, 0.25) is 0 Å². The molecule has 1 aromatic heterocycles. The number of rotatable bonds is 1. The number of halogens is 1. The van der Waals surface area contributed by atoms with Gasteiger partial charge >= 0.3 is 0 Å². The number of alkyl halides is 1. The summed E-state index contributed by atoms with van der Waals surface area (Å²) in [6.07, 6.45) is 3.39. The first-order valence-electron chi connectivity index (χ1n) is 3.65. The van der Waals surface area contributed by atoms with Gasteiger partial charge in [0.05, 0.1) is 5.52 Å². The van der Waals surface area contributed by atoms with Crippen molar-refractivity contribution in [3.05, 3.63) is 36.3 Å². The Morgan fingerprint density at radius 1 is 1.33 bits per heavy atom. The summed E-state index contributed by atoms with van der Waals surface area (Å²) in [5, 5.41) is 1.96. The average molecular weight is 223 g/mol. The van der Waals surface area contributed by atoms with Crippen molar-refractivity contribution in [3.8, 4) is 0 Å². The quantitative estimate of drug-likeness (QED) is 0.694. The number of nitrogens with zero attached hydrogens (tertiary/aromatic N) is 2. The normalized spacial score (nSPS) is 10.4. The Labute approximate surface area is 78.8 Å². The molecule has 0 atom stereocenters. The molecule has 0 aliphatic carbocycles. The van der Waals surface area contributed by atoms with E-state index in [9.17, 15) is 0 Å². The van der Waals surface area contributed by atoms with E-state index in [2.05, 4.69) is 38.0 Å². The largest absolute Gasteiger partial charge is 0.244 e. The molecule has 0 bridgehead atoms. The van der Waals surface area contributed by atoms with Crippen LogP contribution in [0.25, 0.3) is 10.9 Å². The van der Waals surface area contributed by atoms with Crippen LogP contribution in [0, 0.1) is 0 Å².